The first kappa shape index (κ1) is 20.9. The Morgan fingerprint density at radius 1 is 1.21 bits per heavy atom. The summed E-state index contributed by atoms with van der Waals surface area (Å²) in [6.45, 7) is 20.7. The van der Waals surface area contributed by atoms with Gasteiger partial charge in [0.25, 0.3) is 0 Å². The van der Waals surface area contributed by atoms with Crippen LogP contribution < -0.4 is 5.32 Å². The van der Waals surface area contributed by atoms with Gasteiger partial charge in [-0.25, -0.2) is 0 Å². The van der Waals surface area contributed by atoms with Gasteiger partial charge < -0.3 is 10.2 Å². The number of nitrogens with zero attached hydrogens (tertiary/aromatic N) is 1. The van der Waals surface area contributed by atoms with Gasteiger partial charge >= 0.3 is 0 Å². The Labute approximate surface area is 170 Å². The van der Waals surface area contributed by atoms with E-state index >= 15 is 0 Å². The monoisotopic (exact) mass is 380 g/mol. The number of benzene rings is 1. The van der Waals surface area contributed by atoms with Crippen molar-refractivity contribution in [3.63, 3.8) is 0 Å². The number of fused-ring (bicyclic) bond motifs is 1. The van der Waals surface area contributed by atoms with E-state index in [1.54, 1.807) is 0 Å². The van der Waals surface area contributed by atoms with E-state index in [0.29, 0.717) is 12.8 Å². The zero-order valence-electron chi connectivity index (χ0n) is 18.3. The maximum absolute atomic E-state index is 13.6. The molecule has 0 aliphatic carbocycles. The van der Waals surface area contributed by atoms with Crippen LogP contribution in [0.1, 0.15) is 56.7 Å². The van der Waals surface area contributed by atoms with E-state index in [9.17, 15) is 4.79 Å². The van der Waals surface area contributed by atoms with E-state index < -0.39 is 5.41 Å². The van der Waals surface area contributed by atoms with Crippen LogP contribution in [-0.2, 0) is 10.3 Å². The summed E-state index contributed by atoms with van der Waals surface area (Å²) in [4.78, 5) is 15.8. The van der Waals surface area contributed by atoms with Gasteiger partial charge in [-0.15, -0.1) is 13.2 Å². The van der Waals surface area contributed by atoms with Crippen LogP contribution in [0.25, 0.3) is 0 Å². The number of carbonyl (C=O) groups is 1. The molecule has 2 heterocycles. The maximum Gasteiger partial charge on any atom is 0.229 e. The summed E-state index contributed by atoms with van der Waals surface area (Å²) < 4.78 is 0. The molecule has 1 amide bonds. The number of carbonyl (C=O) groups excluding carboxylic acids is 1. The topological polar surface area (TPSA) is 32.3 Å². The molecule has 2 aliphatic heterocycles. The molecule has 3 heteroatoms. The van der Waals surface area contributed by atoms with Crippen LogP contribution in [0.2, 0.25) is 0 Å². The number of nitrogens with one attached hydrogen (secondary N) is 1. The minimum atomic E-state index is -0.408. The lowest BCUT2D eigenvalue weighted by Gasteiger charge is -2.56. The second-order valence-corrected chi connectivity index (χ2v) is 9.79. The summed E-state index contributed by atoms with van der Waals surface area (Å²) in [6.07, 6.45) is 6.06. The molecule has 0 spiro atoms. The molecule has 2 fully saturated rings. The summed E-state index contributed by atoms with van der Waals surface area (Å²) in [5, 5.41) is 3.93. The second-order valence-electron chi connectivity index (χ2n) is 9.79. The number of hydrogen-bond donors (Lipinski definition) is 1. The standard InChI is InChI=1S/C25H36N2O/c1-8-12-24(13-9-2)17-21-25(23(5,6)7,26-14-15-27(21)22(24)28)20-16-18(3)10-11-19(20)4/h8-11,16,21,26H,1-2,12-15,17H2,3-7H3. The third kappa shape index (κ3) is 2.95. The van der Waals surface area contributed by atoms with Crippen LogP contribution in [-0.4, -0.2) is 29.9 Å². The van der Waals surface area contributed by atoms with Crippen LogP contribution in [0, 0.1) is 24.7 Å². The number of piperazine rings is 1. The number of amides is 1. The van der Waals surface area contributed by atoms with Gasteiger partial charge in [-0.3, -0.25) is 4.79 Å². The number of rotatable bonds is 5. The summed E-state index contributed by atoms with van der Waals surface area (Å²) in [7, 11) is 0. The van der Waals surface area contributed by atoms with Gasteiger partial charge in [-0.2, -0.15) is 0 Å². The summed E-state index contributed by atoms with van der Waals surface area (Å²) >= 11 is 0. The lowest BCUT2D eigenvalue weighted by molar-refractivity contribution is -0.139. The molecule has 3 nitrogen and oxygen atoms in total. The Kier molecular flexibility index (Phi) is 5.35. The van der Waals surface area contributed by atoms with Gasteiger partial charge in [-0.1, -0.05) is 56.7 Å². The zero-order valence-corrected chi connectivity index (χ0v) is 18.3. The molecular weight excluding hydrogens is 344 g/mol. The highest BCUT2D eigenvalue weighted by molar-refractivity contribution is 5.86. The molecule has 0 bridgehead atoms. The third-order valence-corrected chi connectivity index (χ3v) is 7.00. The van der Waals surface area contributed by atoms with Crippen LogP contribution >= 0.6 is 0 Å². The fourth-order valence-corrected chi connectivity index (χ4v) is 5.73. The number of allylic oxidation sites excluding steroid dienone is 2. The predicted octanol–water partition coefficient (Wildman–Crippen LogP) is 4.89. The van der Waals surface area contributed by atoms with E-state index in [1.807, 2.05) is 12.2 Å². The first-order chi connectivity index (χ1) is 13.1. The Hall–Kier alpha value is -1.87. The summed E-state index contributed by atoms with van der Waals surface area (Å²) in [5.74, 6) is 0.276. The minimum Gasteiger partial charge on any atom is -0.336 e. The van der Waals surface area contributed by atoms with Crippen molar-refractivity contribution in [1.82, 2.24) is 10.2 Å². The van der Waals surface area contributed by atoms with Crippen molar-refractivity contribution in [1.29, 1.82) is 0 Å². The zero-order chi connectivity index (χ0) is 20.7. The molecule has 0 aromatic heterocycles. The Bertz CT molecular complexity index is 778. The van der Waals surface area contributed by atoms with Crippen molar-refractivity contribution in [2.75, 3.05) is 13.1 Å². The molecule has 2 atom stereocenters. The van der Waals surface area contributed by atoms with Crippen molar-refractivity contribution in [3.05, 3.63) is 60.2 Å². The van der Waals surface area contributed by atoms with E-state index in [1.165, 1.54) is 16.7 Å². The van der Waals surface area contributed by atoms with Crippen molar-refractivity contribution in [2.24, 2.45) is 10.8 Å². The Morgan fingerprint density at radius 3 is 2.43 bits per heavy atom. The maximum atomic E-state index is 13.6. The Balaban J connectivity index is 2.22. The molecule has 1 aromatic carbocycles. The van der Waals surface area contributed by atoms with E-state index in [0.717, 1.165) is 19.5 Å². The predicted molar refractivity (Wildman–Crippen MR) is 117 cm³/mol. The molecule has 2 unspecified atom stereocenters. The van der Waals surface area contributed by atoms with Crippen LogP contribution in [0.15, 0.2) is 43.5 Å². The van der Waals surface area contributed by atoms with E-state index in [-0.39, 0.29) is 22.9 Å². The SMILES string of the molecule is C=CCC1(CC=C)CC2N(CCNC2(c2cc(C)ccc2C)C(C)(C)C)C1=O. The lowest BCUT2D eigenvalue weighted by Crippen LogP contribution is -2.68. The van der Waals surface area contributed by atoms with Crippen LogP contribution in [0.4, 0.5) is 0 Å². The van der Waals surface area contributed by atoms with Crippen LogP contribution in [0.3, 0.4) is 0 Å². The van der Waals surface area contributed by atoms with Crippen LogP contribution in [0.5, 0.6) is 0 Å². The fourth-order valence-electron chi connectivity index (χ4n) is 5.73. The van der Waals surface area contributed by atoms with Crippen molar-refractivity contribution < 1.29 is 4.79 Å². The highest BCUT2D eigenvalue weighted by Gasteiger charge is 2.62. The Morgan fingerprint density at radius 2 is 1.86 bits per heavy atom. The van der Waals surface area contributed by atoms with Gasteiger partial charge in [0, 0.05) is 13.1 Å². The summed E-state index contributed by atoms with van der Waals surface area (Å²) in [6, 6.07) is 6.84. The van der Waals surface area contributed by atoms with Gasteiger partial charge in [0.05, 0.1) is 17.0 Å². The summed E-state index contributed by atoms with van der Waals surface area (Å²) in [5.41, 5.74) is 3.11. The van der Waals surface area contributed by atoms with Gasteiger partial charge in [-0.05, 0) is 49.7 Å². The largest absolute Gasteiger partial charge is 0.336 e. The minimum absolute atomic E-state index is 0.0619. The number of hydrogen-bond acceptors (Lipinski definition) is 2. The molecule has 0 saturated carbocycles. The molecule has 3 rings (SSSR count). The molecular formula is C25H36N2O. The molecule has 2 aliphatic rings. The van der Waals surface area contributed by atoms with E-state index in [2.05, 4.69) is 76.2 Å². The molecule has 1 N–H and O–H groups in total. The molecule has 152 valence electrons. The average Bonchev–Trinajstić information content (AvgIpc) is 2.89. The molecule has 28 heavy (non-hydrogen) atoms. The third-order valence-electron chi connectivity index (χ3n) is 7.00. The second kappa shape index (κ2) is 7.18. The highest BCUT2D eigenvalue weighted by atomic mass is 16.2. The van der Waals surface area contributed by atoms with Crippen molar-refractivity contribution >= 4 is 5.91 Å². The smallest absolute Gasteiger partial charge is 0.229 e. The number of aryl methyl sites for hydroxylation is 2. The highest BCUT2D eigenvalue weighted by Crippen LogP contribution is 2.55. The normalized spacial score (nSPS) is 26.8. The molecule has 2 saturated heterocycles. The first-order valence-corrected chi connectivity index (χ1v) is 10.5. The molecule has 1 aromatic rings. The average molecular weight is 381 g/mol. The van der Waals surface area contributed by atoms with Gasteiger partial charge in [0.1, 0.15) is 0 Å². The van der Waals surface area contributed by atoms with Gasteiger partial charge in [0.2, 0.25) is 5.91 Å². The lowest BCUT2D eigenvalue weighted by atomic mass is 9.61. The fraction of sp³-hybridized carbons (Fsp3) is 0.560. The van der Waals surface area contributed by atoms with Gasteiger partial charge in [0.15, 0.2) is 0 Å². The quantitative estimate of drug-likeness (QED) is 0.738. The molecule has 0 radical (unpaired) electrons. The van der Waals surface area contributed by atoms with Crippen molar-refractivity contribution in [3.8, 4) is 0 Å². The first-order valence-electron chi connectivity index (χ1n) is 10.5. The van der Waals surface area contributed by atoms with E-state index in [4.69, 9.17) is 0 Å². The van der Waals surface area contributed by atoms with Crippen molar-refractivity contribution in [2.45, 2.75) is 65.5 Å².